The van der Waals surface area contributed by atoms with Gasteiger partial charge in [0, 0.05) is 16.9 Å². The zero-order valence-corrected chi connectivity index (χ0v) is 18.4. The van der Waals surface area contributed by atoms with Crippen LogP contribution in [0.5, 0.6) is 0 Å². The highest BCUT2D eigenvalue weighted by atomic mass is 32.2. The fourth-order valence-electron chi connectivity index (χ4n) is 3.18. The van der Waals surface area contributed by atoms with Gasteiger partial charge < -0.3 is 4.74 Å². The minimum Gasteiger partial charge on any atom is -0.466 e. The average molecular weight is 446 g/mol. The molecule has 0 saturated carbocycles. The van der Waals surface area contributed by atoms with E-state index in [2.05, 4.69) is 9.82 Å². The fourth-order valence-corrected chi connectivity index (χ4v) is 4.24. The van der Waals surface area contributed by atoms with E-state index in [1.54, 1.807) is 23.7 Å². The number of hydrogen-bond donors (Lipinski definition) is 1. The first-order valence-corrected chi connectivity index (χ1v) is 11.2. The molecular weight excluding hydrogens is 421 g/mol. The Morgan fingerprint density at radius 1 is 1.10 bits per heavy atom. The largest absolute Gasteiger partial charge is 0.466 e. The number of ether oxygens (including phenoxy) is 1. The predicted octanol–water partition coefficient (Wildman–Crippen LogP) is 3.59. The lowest BCUT2D eigenvalue weighted by atomic mass is 10.1. The van der Waals surface area contributed by atoms with Gasteiger partial charge in [0.25, 0.3) is 10.0 Å². The molecule has 164 valence electrons. The molecule has 1 heterocycles. The summed E-state index contributed by atoms with van der Waals surface area (Å²) in [4.78, 5) is 11.9. The van der Waals surface area contributed by atoms with Crippen molar-refractivity contribution in [1.82, 2.24) is 9.78 Å². The average Bonchev–Trinajstić information content (AvgIpc) is 2.97. The summed E-state index contributed by atoms with van der Waals surface area (Å²) in [5.74, 6) is -0.738. The number of nitrogens with one attached hydrogen (secondary N) is 1. The number of aryl methyl sites for hydroxylation is 1. The molecule has 0 atom stereocenters. The summed E-state index contributed by atoms with van der Waals surface area (Å²) in [6.45, 7) is 6.26. The third kappa shape index (κ3) is 5.49. The maximum atomic E-state index is 13.0. The number of anilines is 1. The van der Waals surface area contributed by atoms with E-state index in [4.69, 9.17) is 4.74 Å². The number of halogens is 1. The van der Waals surface area contributed by atoms with Crippen molar-refractivity contribution in [3.8, 4) is 0 Å². The van der Waals surface area contributed by atoms with E-state index in [9.17, 15) is 17.6 Å². The Balaban J connectivity index is 1.73. The second kappa shape index (κ2) is 9.30. The first-order valence-electron chi connectivity index (χ1n) is 9.75. The summed E-state index contributed by atoms with van der Waals surface area (Å²) >= 11 is 0. The minimum atomic E-state index is -3.79. The molecule has 0 amide bonds. The van der Waals surface area contributed by atoms with E-state index in [-0.39, 0.29) is 23.0 Å². The Morgan fingerprint density at radius 3 is 2.35 bits per heavy atom. The standard InChI is InChI=1S/C22H24FN3O4S/c1-4-30-22(27)13-21-15(2)24-26(16(21)3)14-17-5-11-20(12-6-17)31(28,29)25-19-9-7-18(23)8-10-19/h5-12,25H,4,13-14H2,1-3H3. The molecule has 1 N–H and O–H groups in total. The Kier molecular flexibility index (Phi) is 6.74. The molecule has 3 rings (SSSR count). The van der Waals surface area contributed by atoms with Gasteiger partial charge >= 0.3 is 5.97 Å². The van der Waals surface area contributed by atoms with Crippen LogP contribution in [0.2, 0.25) is 0 Å². The molecule has 2 aromatic carbocycles. The zero-order valence-electron chi connectivity index (χ0n) is 17.6. The van der Waals surface area contributed by atoms with E-state index in [0.717, 1.165) is 22.5 Å². The molecule has 9 heteroatoms. The van der Waals surface area contributed by atoms with E-state index >= 15 is 0 Å². The lowest BCUT2D eigenvalue weighted by molar-refractivity contribution is -0.142. The molecule has 3 aromatic rings. The van der Waals surface area contributed by atoms with Crippen LogP contribution in [0.1, 0.15) is 29.4 Å². The molecule has 0 unspecified atom stereocenters. The number of benzene rings is 2. The predicted molar refractivity (Wildman–Crippen MR) is 115 cm³/mol. The number of carbonyl (C=O) groups is 1. The van der Waals surface area contributed by atoms with Crippen molar-refractivity contribution >= 4 is 21.7 Å². The Hall–Kier alpha value is -3.20. The van der Waals surface area contributed by atoms with Crippen LogP contribution in [0.15, 0.2) is 53.4 Å². The summed E-state index contributed by atoms with van der Waals surface area (Å²) in [5, 5.41) is 4.50. The van der Waals surface area contributed by atoms with Crippen molar-refractivity contribution in [3.63, 3.8) is 0 Å². The van der Waals surface area contributed by atoms with Gasteiger partial charge in [0.2, 0.25) is 0 Å². The topological polar surface area (TPSA) is 90.3 Å². The van der Waals surface area contributed by atoms with Gasteiger partial charge in [-0.3, -0.25) is 14.2 Å². The van der Waals surface area contributed by atoms with Crippen molar-refractivity contribution < 1.29 is 22.3 Å². The minimum absolute atomic E-state index is 0.0944. The molecule has 0 saturated heterocycles. The van der Waals surface area contributed by atoms with Gasteiger partial charge in [-0.2, -0.15) is 5.10 Å². The van der Waals surface area contributed by atoms with Gasteiger partial charge in [0.15, 0.2) is 0 Å². The normalized spacial score (nSPS) is 11.4. The van der Waals surface area contributed by atoms with Crippen LogP contribution in [0.4, 0.5) is 10.1 Å². The van der Waals surface area contributed by atoms with Crippen molar-refractivity contribution in [1.29, 1.82) is 0 Å². The number of esters is 1. The SMILES string of the molecule is CCOC(=O)Cc1c(C)nn(Cc2ccc(S(=O)(=O)Nc3ccc(F)cc3)cc2)c1C. The molecular formula is C22H24FN3O4S. The Morgan fingerprint density at radius 2 is 1.74 bits per heavy atom. The van der Waals surface area contributed by atoms with Crippen molar-refractivity contribution in [2.24, 2.45) is 0 Å². The molecule has 1 aromatic heterocycles. The lowest BCUT2D eigenvalue weighted by Crippen LogP contribution is -2.13. The number of nitrogens with zero attached hydrogens (tertiary/aromatic N) is 2. The number of aromatic nitrogens is 2. The molecule has 31 heavy (non-hydrogen) atoms. The molecule has 0 aliphatic rings. The summed E-state index contributed by atoms with van der Waals surface area (Å²) in [7, 11) is -3.79. The highest BCUT2D eigenvalue weighted by Crippen LogP contribution is 2.19. The summed E-state index contributed by atoms with van der Waals surface area (Å²) in [6.07, 6.45) is 0.164. The van der Waals surface area contributed by atoms with Crippen LogP contribution in [-0.2, 0) is 32.5 Å². The molecule has 0 fully saturated rings. The molecule has 7 nitrogen and oxygen atoms in total. The summed E-state index contributed by atoms with van der Waals surface area (Å²) in [6, 6.07) is 11.5. The van der Waals surface area contributed by atoms with Crippen LogP contribution in [-0.4, -0.2) is 30.8 Å². The first kappa shape index (κ1) is 22.5. The van der Waals surface area contributed by atoms with E-state index < -0.39 is 15.8 Å². The van der Waals surface area contributed by atoms with Gasteiger partial charge in [-0.15, -0.1) is 0 Å². The summed E-state index contributed by atoms with van der Waals surface area (Å²) < 4.78 is 47.3. The van der Waals surface area contributed by atoms with Crippen molar-refractivity contribution in [2.45, 2.75) is 38.6 Å². The van der Waals surface area contributed by atoms with Gasteiger partial charge in [0.05, 0.1) is 30.2 Å². The highest BCUT2D eigenvalue weighted by molar-refractivity contribution is 7.92. The lowest BCUT2D eigenvalue weighted by Gasteiger charge is -2.10. The Labute approximate surface area is 180 Å². The van der Waals surface area contributed by atoms with Crippen molar-refractivity contribution in [3.05, 3.63) is 76.9 Å². The number of sulfonamides is 1. The Bertz CT molecular complexity index is 1170. The third-order valence-electron chi connectivity index (χ3n) is 4.82. The van der Waals surface area contributed by atoms with Gasteiger partial charge in [0.1, 0.15) is 5.82 Å². The van der Waals surface area contributed by atoms with Gasteiger partial charge in [-0.05, 0) is 62.7 Å². The second-order valence-corrected chi connectivity index (χ2v) is 8.73. The van der Waals surface area contributed by atoms with E-state index in [1.165, 1.54) is 36.4 Å². The number of carbonyl (C=O) groups excluding carboxylic acids is 1. The summed E-state index contributed by atoms with van der Waals surface area (Å²) in [5.41, 5.74) is 3.59. The van der Waals surface area contributed by atoms with Crippen LogP contribution >= 0.6 is 0 Å². The smallest absolute Gasteiger partial charge is 0.310 e. The number of hydrogen-bond acceptors (Lipinski definition) is 5. The third-order valence-corrected chi connectivity index (χ3v) is 6.22. The first-order chi connectivity index (χ1) is 14.7. The molecule has 0 bridgehead atoms. The molecule has 0 radical (unpaired) electrons. The second-order valence-electron chi connectivity index (χ2n) is 7.05. The maximum Gasteiger partial charge on any atom is 0.310 e. The van der Waals surface area contributed by atoms with Gasteiger partial charge in [-0.25, -0.2) is 12.8 Å². The zero-order chi connectivity index (χ0) is 22.6. The van der Waals surface area contributed by atoms with Crippen LogP contribution in [0.3, 0.4) is 0 Å². The maximum absolute atomic E-state index is 13.0. The van der Waals surface area contributed by atoms with Crippen LogP contribution in [0, 0.1) is 19.7 Å². The molecule has 0 spiro atoms. The van der Waals surface area contributed by atoms with Crippen molar-refractivity contribution in [2.75, 3.05) is 11.3 Å². The fraction of sp³-hybridized carbons (Fsp3) is 0.273. The monoisotopic (exact) mass is 445 g/mol. The van der Waals surface area contributed by atoms with E-state index in [0.29, 0.717) is 13.2 Å². The van der Waals surface area contributed by atoms with E-state index in [1.807, 2.05) is 13.8 Å². The molecule has 0 aliphatic carbocycles. The highest BCUT2D eigenvalue weighted by Gasteiger charge is 2.17. The molecule has 0 aliphatic heterocycles. The van der Waals surface area contributed by atoms with Crippen LogP contribution in [0.25, 0.3) is 0 Å². The number of rotatable bonds is 8. The van der Waals surface area contributed by atoms with Gasteiger partial charge in [-0.1, -0.05) is 12.1 Å². The van der Waals surface area contributed by atoms with Crippen LogP contribution < -0.4 is 4.72 Å². The quantitative estimate of drug-likeness (QED) is 0.535.